The average Bonchev–Trinajstić information content (AvgIpc) is 3.24. The third kappa shape index (κ3) is 5.66. The Labute approximate surface area is 233 Å². The van der Waals surface area contributed by atoms with E-state index in [2.05, 4.69) is 5.32 Å². The Bertz CT molecular complexity index is 1500. The molecule has 0 bridgehead atoms. The van der Waals surface area contributed by atoms with E-state index in [0.29, 0.717) is 30.0 Å². The molecular weight excluding hydrogens is 510 g/mol. The number of halogens is 1. The highest BCUT2D eigenvalue weighted by atomic mass is 35.5. The van der Waals surface area contributed by atoms with E-state index in [9.17, 15) is 14.4 Å². The van der Waals surface area contributed by atoms with Gasteiger partial charge in [0.2, 0.25) is 11.8 Å². The predicted octanol–water partition coefficient (Wildman–Crippen LogP) is 5.62. The maximum Gasteiger partial charge on any atom is 0.258 e. The Morgan fingerprint density at radius 3 is 2.33 bits per heavy atom. The van der Waals surface area contributed by atoms with Crippen LogP contribution in [0.4, 0.5) is 5.69 Å². The van der Waals surface area contributed by atoms with E-state index in [1.54, 1.807) is 29.0 Å². The van der Waals surface area contributed by atoms with E-state index >= 15 is 0 Å². The van der Waals surface area contributed by atoms with Crippen LogP contribution in [0.3, 0.4) is 0 Å². The first-order chi connectivity index (χ1) is 19.0. The van der Waals surface area contributed by atoms with Crippen LogP contribution in [0, 0.1) is 0 Å². The molecule has 1 unspecified atom stereocenters. The summed E-state index contributed by atoms with van der Waals surface area (Å²) in [5.74, 6) is -0.408. The number of carbonyl (C=O) groups excluding carboxylic acids is 3. The van der Waals surface area contributed by atoms with Gasteiger partial charge in [0.1, 0.15) is 6.04 Å². The number of hydrogen-bond donors (Lipinski definition) is 1. The minimum Gasteiger partial charge on any atom is -0.357 e. The van der Waals surface area contributed by atoms with E-state index in [1.807, 2.05) is 78.9 Å². The van der Waals surface area contributed by atoms with Crippen molar-refractivity contribution in [3.63, 3.8) is 0 Å². The van der Waals surface area contributed by atoms with Gasteiger partial charge in [-0.25, -0.2) is 0 Å². The van der Waals surface area contributed by atoms with Gasteiger partial charge in [-0.05, 0) is 47.2 Å². The molecule has 1 aliphatic heterocycles. The third-order valence-corrected chi connectivity index (χ3v) is 7.46. The molecule has 1 aliphatic rings. The van der Waals surface area contributed by atoms with Crippen LogP contribution < -0.4 is 10.2 Å². The summed E-state index contributed by atoms with van der Waals surface area (Å²) in [6.07, 6.45) is 1.06. The summed E-state index contributed by atoms with van der Waals surface area (Å²) in [7, 11) is 1.59. The lowest BCUT2D eigenvalue weighted by Crippen LogP contribution is -2.49. The molecule has 39 heavy (non-hydrogen) atoms. The van der Waals surface area contributed by atoms with Crippen LogP contribution in [0.1, 0.15) is 34.3 Å². The Balaban J connectivity index is 1.35. The standard InChI is InChI=1S/C32H30ClN3O3/c1-34-31(38)28(20-22-8-3-2-4-9-22)36(21-23-15-17-25(33)18-16-23)29(37)14-7-19-35-27-13-6-11-24-10-5-12-26(30(24)27)32(35)39/h2-6,8-13,15-18,28H,7,14,19-21H2,1H3,(H,34,38). The zero-order valence-electron chi connectivity index (χ0n) is 21.8. The first-order valence-electron chi connectivity index (χ1n) is 13.1. The molecule has 5 rings (SSSR count). The van der Waals surface area contributed by atoms with Gasteiger partial charge in [-0.15, -0.1) is 0 Å². The van der Waals surface area contributed by atoms with E-state index in [1.165, 1.54) is 0 Å². The van der Waals surface area contributed by atoms with Crippen molar-refractivity contribution in [2.45, 2.75) is 31.8 Å². The van der Waals surface area contributed by atoms with Crippen LogP contribution in [0.25, 0.3) is 10.8 Å². The molecule has 1 N–H and O–H groups in total. The van der Waals surface area contributed by atoms with Crippen LogP contribution in [0.15, 0.2) is 91.0 Å². The predicted molar refractivity (Wildman–Crippen MR) is 155 cm³/mol. The van der Waals surface area contributed by atoms with Crippen LogP contribution >= 0.6 is 11.6 Å². The first kappa shape index (κ1) is 26.4. The van der Waals surface area contributed by atoms with Gasteiger partial charge in [-0.1, -0.05) is 78.3 Å². The number of carbonyl (C=O) groups is 3. The molecule has 198 valence electrons. The van der Waals surface area contributed by atoms with Gasteiger partial charge in [-0.2, -0.15) is 0 Å². The molecule has 1 atom stereocenters. The molecule has 0 spiro atoms. The second-order valence-electron chi connectivity index (χ2n) is 9.71. The summed E-state index contributed by atoms with van der Waals surface area (Å²) in [5.41, 5.74) is 3.42. The van der Waals surface area contributed by atoms with Crippen LogP contribution in [0.2, 0.25) is 5.02 Å². The topological polar surface area (TPSA) is 69.7 Å². The minimum atomic E-state index is -0.688. The smallest absolute Gasteiger partial charge is 0.258 e. The highest BCUT2D eigenvalue weighted by molar-refractivity contribution is 6.30. The Hall–Kier alpha value is -4.16. The number of rotatable bonds is 10. The molecule has 0 aliphatic carbocycles. The van der Waals surface area contributed by atoms with Crippen LogP contribution in [-0.2, 0) is 22.6 Å². The molecule has 4 aromatic carbocycles. The van der Waals surface area contributed by atoms with E-state index in [0.717, 1.165) is 27.6 Å². The normalized spacial score (nSPS) is 13.0. The number of anilines is 1. The van der Waals surface area contributed by atoms with Gasteiger partial charge in [0.15, 0.2) is 0 Å². The maximum absolute atomic E-state index is 13.7. The summed E-state index contributed by atoms with van der Waals surface area (Å²) in [5, 5.41) is 5.33. The van der Waals surface area contributed by atoms with Crippen molar-refractivity contribution >= 4 is 45.8 Å². The van der Waals surface area contributed by atoms with E-state index < -0.39 is 6.04 Å². The summed E-state index contributed by atoms with van der Waals surface area (Å²) in [6.45, 7) is 0.685. The lowest BCUT2D eigenvalue weighted by atomic mass is 10.0. The molecule has 1 heterocycles. The van der Waals surface area contributed by atoms with Gasteiger partial charge in [0.05, 0.1) is 5.69 Å². The number of benzene rings is 4. The van der Waals surface area contributed by atoms with Crippen molar-refractivity contribution in [1.82, 2.24) is 10.2 Å². The van der Waals surface area contributed by atoms with Crippen LogP contribution in [-0.4, -0.2) is 42.3 Å². The highest BCUT2D eigenvalue weighted by Crippen LogP contribution is 2.37. The number of likely N-dealkylation sites (N-methyl/N-ethyl adjacent to an activating group) is 1. The lowest BCUT2D eigenvalue weighted by molar-refractivity contribution is -0.141. The number of nitrogens with one attached hydrogen (secondary N) is 1. The van der Waals surface area contributed by atoms with Gasteiger partial charge < -0.3 is 15.1 Å². The fourth-order valence-corrected chi connectivity index (χ4v) is 5.37. The Morgan fingerprint density at radius 1 is 0.897 bits per heavy atom. The van der Waals surface area contributed by atoms with Crippen molar-refractivity contribution in [3.8, 4) is 0 Å². The van der Waals surface area contributed by atoms with Crippen molar-refractivity contribution in [2.24, 2.45) is 0 Å². The SMILES string of the molecule is CNC(=O)C(Cc1ccccc1)N(Cc1ccc(Cl)cc1)C(=O)CCCN1C(=O)c2cccc3cccc1c23. The van der Waals surface area contributed by atoms with Crippen molar-refractivity contribution in [2.75, 3.05) is 18.5 Å². The molecular formula is C32H30ClN3O3. The van der Waals surface area contributed by atoms with Crippen LogP contribution in [0.5, 0.6) is 0 Å². The van der Waals surface area contributed by atoms with Crippen molar-refractivity contribution in [1.29, 1.82) is 0 Å². The fourth-order valence-electron chi connectivity index (χ4n) is 5.24. The second kappa shape index (κ2) is 11.7. The minimum absolute atomic E-state index is 0.0421. The Morgan fingerprint density at radius 2 is 1.62 bits per heavy atom. The molecule has 4 aromatic rings. The summed E-state index contributed by atoms with van der Waals surface area (Å²) in [6, 6.07) is 27.9. The largest absolute Gasteiger partial charge is 0.357 e. The third-order valence-electron chi connectivity index (χ3n) is 7.21. The molecule has 0 saturated heterocycles. The lowest BCUT2D eigenvalue weighted by Gasteiger charge is -2.31. The van der Waals surface area contributed by atoms with Gasteiger partial charge >= 0.3 is 0 Å². The van der Waals surface area contributed by atoms with Gasteiger partial charge in [-0.3, -0.25) is 14.4 Å². The first-order valence-corrected chi connectivity index (χ1v) is 13.5. The maximum atomic E-state index is 13.7. The quantitative estimate of drug-likeness (QED) is 0.284. The molecule has 3 amide bonds. The average molecular weight is 540 g/mol. The number of amides is 3. The summed E-state index contributed by atoms with van der Waals surface area (Å²) < 4.78 is 0. The molecule has 6 nitrogen and oxygen atoms in total. The fraction of sp³-hybridized carbons (Fsp3) is 0.219. The zero-order chi connectivity index (χ0) is 27.4. The molecule has 0 fully saturated rings. The molecule has 0 aromatic heterocycles. The molecule has 7 heteroatoms. The highest BCUT2D eigenvalue weighted by Gasteiger charge is 2.31. The summed E-state index contributed by atoms with van der Waals surface area (Å²) in [4.78, 5) is 43.4. The van der Waals surface area contributed by atoms with Gasteiger partial charge in [0, 0.05) is 49.0 Å². The molecule has 0 saturated carbocycles. The van der Waals surface area contributed by atoms with Crippen molar-refractivity contribution in [3.05, 3.63) is 113 Å². The van der Waals surface area contributed by atoms with Gasteiger partial charge in [0.25, 0.3) is 5.91 Å². The monoisotopic (exact) mass is 539 g/mol. The summed E-state index contributed by atoms with van der Waals surface area (Å²) >= 11 is 6.08. The zero-order valence-corrected chi connectivity index (χ0v) is 22.5. The second-order valence-corrected chi connectivity index (χ2v) is 10.1. The Kier molecular flexibility index (Phi) is 7.94. The number of hydrogen-bond acceptors (Lipinski definition) is 3. The van der Waals surface area contributed by atoms with E-state index in [-0.39, 0.29) is 30.7 Å². The number of nitrogens with zero attached hydrogens (tertiary/aromatic N) is 2. The van der Waals surface area contributed by atoms with Crippen molar-refractivity contribution < 1.29 is 14.4 Å². The van der Waals surface area contributed by atoms with E-state index in [4.69, 9.17) is 11.6 Å². The molecule has 0 radical (unpaired) electrons.